The fourth-order valence-electron chi connectivity index (χ4n) is 5.21. The third kappa shape index (κ3) is 3.84. The van der Waals surface area contributed by atoms with Crippen molar-refractivity contribution in [1.29, 1.82) is 0 Å². The fourth-order valence-corrected chi connectivity index (χ4v) is 5.21. The summed E-state index contributed by atoms with van der Waals surface area (Å²) in [5.74, 6) is 0.440. The Kier molecular flexibility index (Phi) is 5.57. The number of nitrogens with zero attached hydrogens (tertiary/aromatic N) is 1. The van der Waals surface area contributed by atoms with E-state index in [0.717, 1.165) is 37.1 Å². The van der Waals surface area contributed by atoms with Crippen molar-refractivity contribution >= 4 is 16.8 Å². The van der Waals surface area contributed by atoms with Crippen molar-refractivity contribution in [2.75, 3.05) is 13.1 Å². The van der Waals surface area contributed by atoms with Gasteiger partial charge in [-0.25, -0.2) is 0 Å². The minimum Gasteiger partial charge on any atom is -0.358 e. The molecule has 1 aromatic heterocycles. The maximum absolute atomic E-state index is 13.7. The zero-order valence-electron chi connectivity index (χ0n) is 18.8. The standard InChI is InChI=1S/C29H30N2O/c1-20-13-14-26-25(19-20)21(2)28(30-26)24-15-17-31(18-16-24)29(32)27(22-9-5-3-6-10-22)23-11-7-4-8-12-23/h3-14,19,24,27,30H,15-18H2,1-2H3. The second kappa shape index (κ2) is 8.66. The molecule has 5 rings (SSSR count). The zero-order chi connectivity index (χ0) is 22.1. The van der Waals surface area contributed by atoms with E-state index in [-0.39, 0.29) is 11.8 Å². The van der Waals surface area contributed by atoms with Crippen molar-refractivity contribution in [1.82, 2.24) is 9.88 Å². The summed E-state index contributed by atoms with van der Waals surface area (Å²) >= 11 is 0. The minimum atomic E-state index is -0.244. The second-order valence-corrected chi connectivity index (χ2v) is 9.07. The summed E-state index contributed by atoms with van der Waals surface area (Å²) in [5.41, 5.74) is 7.34. The molecule has 3 aromatic carbocycles. The van der Waals surface area contributed by atoms with Crippen LogP contribution in [0.1, 0.15) is 52.6 Å². The van der Waals surface area contributed by atoms with E-state index in [2.05, 4.69) is 66.2 Å². The van der Waals surface area contributed by atoms with Crippen LogP contribution in [0.2, 0.25) is 0 Å². The number of benzene rings is 3. The lowest BCUT2D eigenvalue weighted by molar-refractivity contribution is -0.132. The molecule has 4 aromatic rings. The summed E-state index contributed by atoms with van der Waals surface area (Å²) in [6, 6.07) is 27.0. The zero-order valence-corrected chi connectivity index (χ0v) is 18.8. The van der Waals surface area contributed by atoms with Crippen LogP contribution < -0.4 is 0 Å². The molecule has 0 bridgehead atoms. The van der Waals surface area contributed by atoms with Gasteiger partial charge < -0.3 is 9.88 Å². The average Bonchev–Trinajstić information content (AvgIpc) is 3.16. The number of nitrogens with one attached hydrogen (secondary N) is 1. The topological polar surface area (TPSA) is 36.1 Å². The van der Waals surface area contributed by atoms with E-state index in [1.807, 2.05) is 36.4 Å². The number of aryl methyl sites for hydroxylation is 2. The van der Waals surface area contributed by atoms with E-state index in [9.17, 15) is 4.79 Å². The Morgan fingerprint density at radius 3 is 2.06 bits per heavy atom. The number of fused-ring (bicyclic) bond motifs is 1. The quantitative estimate of drug-likeness (QED) is 0.410. The summed E-state index contributed by atoms with van der Waals surface area (Å²) in [4.78, 5) is 19.5. The molecule has 1 saturated heterocycles. The van der Waals surface area contributed by atoms with Gasteiger partial charge in [-0.05, 0) is 55.5 Å². The predicted octanol–water partition coefficient (Wildman–Crippen LogP) is 6.32. The van der Waals surface area contributed by atoms with Crippen LogP contribution in [0.15, 0.2) is 78.9 Å². The summed E-state index contributed by atoms with van der Waals surface area (Å²) in [6.45, 7) is 5.97. The van der Waals surface area contributed by atoms with Crippen molar-refractivity contribution in [3.63, 3.8) is 0 Å². The number of likely N-dealkylation sites (tertiary alicyclic amines) is 1. The number of piperidine rings is 1. The molecular formula is C29H30N2O. The number of aromatic amines is 1. The number of amides is 1. The fraction of sp³-hybridized carbons (Fsp3) is 0.276. The SMILES string of the molecule is Cc1ccc2[nH]c(C3CCN(C(=O)C(c4ccccc4)c4ccccc4)CC3)c(C)c2c1. The van der Waals surface area contributed by atoms with Crippen LogP contribution in [0.25, 0.3) is 10.9 Å². The van der Waals surface area contributed by atoms with Gasteiger partial charge >= 0.3 is 0 Å². The monoisotopic (exact) mass is 422 g/mol. The first-order valence-electron chi connectivity index (χ1n) is 11.6. The molecule has 0 unspecified atom stereocenters. The Morgan fingerprint density at radius 1 is 0.875 bits per heavy atom. The molecule has 0 atom stereocenters. The maximum atomic E-state index is 13.7. The molecule has 0 spiro atoms. The lowest BCUT2D eigenvalue weighted by Gasteiger charge is -2.34. The smallest absolute Gasteiger partial charge is 0.234 e. The van der Waals surface area contributed by atoms with E-state index in [4.69, 9.17) is 0 Å². The Labute approximate surface area is 190 Å². The van der Waals surface area contributed by atoms with Crippen LogP contribution in [-0.4, -0.2) is 28.9 Å². The molecule has 0 aliphatic carbocycles. The minimum absolute atomic E-state index is 0.213. The average molecular weight is 423 g/mol. The number of rotatable bonds is 4. The third-order valence-corrected chi connectivity index (χ3v) is 6.98. The van der Waals surface area contributed by atoms with Crippen LogP contribution in [-0.2, 0) is 4.79 Å². The van der Waals surface area contributed by atoms with Crippen LogP contribution in [0.4, 0.5) is 0 Å². The van der Waals surface area contributed by atoms with Gasteiger partial charge in [0, 0.05) is 35.6 Å². The van der Waals surface area contributed by atoms with E-state index < -0.39 is 0 Å². The Balaban J connectivity index is 1.36. The van der Waals surface area contributed by atoms with E-state index >= 15 is 0 Å². The molecule has 162 valence electrons. The van der Waals surface area contributed by atoms with Gasteiger partial charge in [0.2, 0.25) is 5.91 Å². The van der Waals surface area contributed by atoms with Crippen LogP contribution >= 0.6 is 0 Å². The molecule has 1 aliphatic heterocycles. The highest BCUT2D eigenvalue weighted by molar-refractivity contribution is 5.87. The maximum Gasteiger partial charge on any atom is 0.234 e. The first-order valence-corrected chi connectivity index (χ1v) is 11.6. The molecular weight excluding hydrogens is 392 g/mol. The lowest BCUT2D eigenvalue weighted by Crippen LogP contribution is -2.41. The van der Waals surface area contributed by atoms with Crippen molar-refractivity contribution in [2.45, 2.75) is 38.5 Å². The number of H-pyrrole nitrogens is 1. The first-order chi connectivity index (χ1) is 15.6. The predicted molar refractivity (Wildman–Crippen MR) is 131 cm³/mol. The number of hydrogen-bond donors (Lipinski definition) is 1. The van der Waals surface area contributed by atoms with Crippen LogP contribution in [0.3, 0.4) is 0 Å². The van der Waals surface area contributed by atoms with E-state index in [1.165, 1.54) is 27.7 Å². The summed E-state index contributed by atoms with van der Waals surface area (Å²) in [7, 11) is 0. The van der Waals surface area contributed by atoms with Crippen LogP contribution in [0, 0.1) is 13.8 Å². The van der Waals surface area contributed by atoms with Crippen molar-refractivity contribution in [3.05, 3.63) is 107 Å². The molecule has 3 nitrogen and oxygen atoms in total. The summed E-state index contributed by atoms with van der Waals surface area (Å²) in [6.07, 6.45) is 1.99. The molecule has 3 heteroatoms. The summed E-state index contributed by atoms with van der Waals surface area (Å²) in [5, 5.41) is 1.33. The highest BCUT2D eigenvalue weighted by Gasteiger charge is 2.31. The highest BCUT2D eigenvalue weighted by Crippen LogP contribution is 2.35. The Hall–Kier alpha value is -3.33. The van der Waals surface area contributed by atoms with Gasteiger partial charge in [0.15, 0.2) is 0 Å². The van der Waals surface area contributed by atoms with E-state index in [1.54, 1.807) is 0 Å². The molecule has 1 fully saturated rings. The van der Waals surface area contributed by atoms with Crippen molar-refractivity contribution in [2.24, 2.45) is 0 Å². The normalized spacial score (nSPS) is 14.9. The Morgan fingerprint density at radius 2 is 1.47 bits per heavy atom. The number of carbonyl (C=O) groups excluding carboxylic acids is 1. The molecule has 2 heterocycles. The number of hydrogen-bond acceptors (Lipinski definition) is 1. The molecule has 1 aliphatic rings. The highest BCUT2D eigenvalue weighted by atomic mass is 16.2. The van der Waals surface area contributed by atoms with E-state index in [0.29, 0.717) is 5.92 Å². The molecule has 1 N–H and O–H groups in total. The summed E-state index contributed by atoms with van der Waals surface area (Å²) < 4.78 is 0. The first kappa shape index (κ1) is 20.6. The molecule has 1 amide bonds. The third-order valence-electron chi connectivity index (χ3n) is 6.98. The number of carbonyl (C=O) groups is 1. The van der Waals surface area contributed by atoms with Gasteiger partial charge in [-0.3, -0.25) is 4.79 Å². The molecule has 0 saturated carbocycles. The lowest BCUT2D eigenvalue weighted by atomic mass is 9.87. The largest absolute Gasteiger partial charge is 0.358 e. The van der Waals surface area contributed by atoms with Crippen molar-refractivity contribution in [3.8, 4) is 0 Å². The van der Waals surface area contributed by atoms with Gasteiger partial charge in [-0.15, -0.1) is 0 Å². The molecule has 0 radical (unpaired) electrons. The Bertz CT molecular complexity index is 1180. The van der Waals surface area contributed by atoms with Gasteiger partial charge in [0.1, 0.15) is 0 Å². The molecule has 32 heavy (non-hydrogen) atoms. The van der Waals surface area contributed by atoms with Crippen molar-refractivity contribution < 1.29 is 4.79 Å². The second-order valence-electron chi connectivity index (χ2n) is 9.07. The van der Waals surface area contributed by atoms with Gasteiger partial charge in [0.05, 0.1) is 5.92 Å². The number of aromatic nitrogens is 1. The van der Waals surface area contributed by atoms with Crippen LogP contribution in [0.5, 0.6) is 0 Å². The van der Waals surface area contributed by atoms with Gasteiger partial charge in [-0.2, -0.15) is 0 Å². The van der Waals surface area contributed by atoms with Gasteiger partial charge in [0.25, 0.3) is 0 Å². The van der Waals surface area contributed by atoms with Gasteiger partial charge in [-0.1, -0.05) is 72.3 Å².